The third-order valence-corrected chi connectivity index (χ3v) is 8.65. The van der Waals surface area contributed by atoms with Crippen LogP contribution in [0.4, 0.5) is 5.82 Å². The molecular formula is C28H31N7O4S. The lowest BCUT2D eigenvalue weighted by molar-refractivity contribution is 0.101. The number of fused-ring (bicyclic) bond motifs is 1. The topological polar surface area (TPSA) is 116 Å². The molecule has 40 heavy (non-hydrogen) atoms. The largest absolute Gasteiger partial charge is 0.497 e. The molecule has 5 rings (SSSR count). The molecule has 0 spiro atoms. The first kappa shape index (κ1) is 27.4. The van der Waals surface area contributed by atoms with Crippen LogP contribution in [0.15, 0.2) is 84.9 Å². The Hall–Kier alpha value is -4.13. The molecule has 0 fully saturated rings. The lowest BCUT2D eigenvalue weighted by Crippen LogP contribution is -2.36. The molecule has 0 saturated carbocycles. The van der Waals surface area contributed by atoms with Crippen LogP contribution in [0.3, 0.4) is 0 Å². The number of hydrogen-bond donors (Lipinski definition) is 0. The van der Waals surface area contributed by atoms with Crippen molar-refractivity contribution < 1.29 is 17.9 Å². The van der Waals surface area contributed by atoms with Gasteiger partial charge in [-0.15, -0.1) is 0 Å². The number of rotatable bonds is 9. The van der Waals surface area contributed by atoms with E-state index in [9.17, 15) is 8.42 Å². The molecule has 0 radical (unpaired) electrons. The van der Waals surface area contributed by atoms with E-state index in [4.69, 9.17) is 14.5 Å². The first-order valence-electron chi connectivity index (χ1n) is 12.6. The summed E-state index contributed by atoms with van der Waals surface area (Å²) in [5.74, 6) is 1.46. The van der Waals surface area contributed by atoms with Crippen molar-refractivity contribution >= 4 is 27.1 Å². The van der Waals surface area contributed by atoms with Crippen molar-refractivity contribution in [3.8, 4) is 11.1 Å². The van der Waals surface area contributed by atoms with Crippen molar-refractivity contribution in [2.24, 2.45) is 5.92 Å². The van der Waals surface area contributed by atoms with E-state index < -0.39 is 10.2 Å². The molecule has 2 atom stereocenters. The van der Waals surface area contributed by atoms with Gasteiger partial charge in [0.2, 0.25) is 0 Å². The van der Waals surface area contributed by atoms with Crippen molar-refractivity contribution in [3.05, 3.63) is 90.7 Å². The number of aromatic nitrogens is 5. The van der Waals surface area contributed by atoms with Gasteiger partial charge in [0.05, 0.1) is 30.8 Å². The normalized spacial score (nSPS) is 17.6. The summed E-state index contributed by atoms with van der Waals surface area (Å²) in [6.45, 7) is 2.17. The van der Waals surface area contributed by atoms with E-state index in [0.29, 0.717) is 22.9 Å². The molecule has 2 unspecified atom stereocenters. The van der Waals surface area contributed by atoms with E-state index in [1.165, 1.54) is 30.5 Å². The van der Waals surface area contributed by atoms with E-state index in [0.717, 1.165) is 26.6 Å². The summed E-state index contributed by atoms with van der Waals surface area (Å²) in [5.41, 5.74) is 4.15. The fraction of sp³-hybridized carbons (Fsp3) is 0.286. The van der Waals surface area contributed by atoms with Gasteiger partial charge in [0, 0.05) is 69.4 Å². The molecular weight excluding hydrogens is 530 g/mol. The van der Waals surface area contributed by atoms with Crippen LogP contribution in [0, 0.1) is 5.92 Å². The number of pyridine rings is 3. The Bertz CT molecular complexity index is 1680. The van der Waals surface area contributed by atoms with Crippen molar-refractivity contribution in [2.45, 2.75) is 19.6 Å². The van der Waals surface area contributed by atoms with Gasteiger partial charge in [0.25, 0.3) is 0 Å². The van der Waals surface area contributed by atoms with E-state index >= 15 is 0 Å². The van der Waals surface area contributed by atoms with Crippen molar-refractivity contribution in [3.63, 3.8) is 0 Å². The summed E-state index contributed by atoms with van der Waals surface area (Å²) in [5, 5.41) is 0. The van der Waals surface area contributed by atoms with Crippen LogP contribution in [0.5, 0.6) is 0 Å². The summed E-state index contributed by atoms with van der Waals surface area (Å²) in [6, 6.07) is 9.59. The Balaban J connectivity index is 1.65. The molecule has 4 heterocycles. The molecule has 0 aliphatic heterocycles. The van der Waals surface area contributed by atoms with Gasteiger partial charge in [-0.1, -0.05) is 6.92 Å². The van der Waals surface area contributed by atoms with Crippen molar-refractivity contribution in [1.82, 2.24) is 28.2 Å². The zero-order chi connectivity index (χ0) is 28.4. The maximum absolute atomic E-state index is 13.1. The second-order valence-electron chi connectivity index (χ2n) is 9.51. The number of imidazole rings is 1. The highest BCUT2D eigenvalue weighted by atomic mass is 32.2. The first-order valence-corrected chi connectivity index (χ1v) is 14.0. The number of anilines is 1. The molecule has 4 aromatic rings. The summed E-state index contributed by atoms with van der Waals surface area (Å²) in [7, 11) is 2.43. The molecule has 1 aliphatic rings. The predicted molar refractivity (Wildman–Crippen MR) is 152 cm³/mol. The fourth-order valence-electron chi connectivity index (χ4n) is 4.64. The van der Waals surface area contributed by atoms with Crippen LogP contribution in [0.25, 0.3) is 22.2 Å². The summed E-state index contributed by atoms with van der Waals surface area (Å²) >= 11 is 0. The second-order valence-corrected chi connectivity index (χ2v) is 11.5. The Morgan fingerprint density at radius 3 is 2.48 bits per heavy atom. The Kier molecular flexibility index (Phi) is 7.66. The van der Waals surface area contributed by atoms with E-state index in [-0.39, 0.29) is 18.6 Å². The van der Waals surface area contributed by atoms with Crippen LogP contribution in [0.2, 0.25) is 0 Å². The van der Waals surface area contributed by atoms with Gasteiger partial charge in [0.1, 0.15) is 17.4 Å². The quantitative estimate of drug-likeness (QED) is 0.302. The summed E-state index contributed by atoms with van der Waals surface area (Å²) in [6.07, 6.45) is 11.8. The zero-order valence-corrected chi connectivity index (χ0v) is 23.8. The number of nitrogens with zero attached hydrogens (tertiary/aromatic N) is 7. The third kappa shape index (κ3) is 5.20. The highest BCUT2D eigenvalue weighted by Crippen LogP contribution is 2.34. The van der Waals surface area contributed by atoms with Crippen molar-refractivity contribution in [1.29, 1.82) is 0 Å². The molecule has 0 saturated heterocycles. The van der Waals surface area contributed by atoms with Crippen LogP contribution in [-0.4, -0.2) is 71.1 Å². The minimum Gasteiger partial charge on any atom is -0.497 e. The molecule has 1 aliphatic carbocycles. The van der Waals surface area contributed by atoms with Gasteiger partial charge in [-0.05, 0) is 48.0 Å². The van der Waals surface area contributed by atoms with E-state index in [2.05, 4.69) is 15.0 Å². The Morgan fingerprint density at radius 1 is 1.00 bits per heavy atom. The minimum atomic E-state index is -3.79. The van der Waals surface area contributed by atoms with Gasteiger partial charge >= 0.3 is 10.2 Å². The molecule has 0 bridgehead atoms. The summed E-state index contributed by atoms with van der Waals surface area (Å²) < 4.78 is 39.8. The number of methoxy groups -OCH3 is 2. The zero-order valence-electron chi connectivity index (χ0n) is 23.0. The SMILES string of the molecule is COC1=CC(OC)C(C)C(N(Cc2nccn2S(=O)(=O)N(C)C)c2ccc3ncc(-c4ccncc4)cc3n2)=C1. The average Bonchev–Trinajstić information content (AvgIpc) is 3.45. The second kappa shape index (κ2) is 11.2. The number of hydrogen-bond acceptors (Lipinski definition) is 9. The lowest BCUT2D eigenvalue weighted by Gasteiger charge is -2.35. The monoisotopic (exact) mass is 561 g/mol. The Labute approximate surface area is 233 Å². The van der Waals surface area contributed by atoms with E-state index in [1.54, 1.807) is 26.6 Å². The van der Waals surface area contributed by atoms with Gasteiger partial charge in [-0.3, -0.25) is 9.97 Å². The standard InChI is InChI=1S/C28H31N7O4S/c1-19-25(15-22(38-4)16-26(19)39-5)34(18-28-30-12-13-35(28)40(36,37)33(2)3)27-7-6-23-24(32-27)14-21(17-31-23)20-8-10-29-11-9-20/h6-17,19,26H,18H2,1-5H3. The highest BCUT2D eigenvalue weighted by Gasteiger charge is 2.31. The molecule has 12 heteroatoms. The molecule has 0 N–H and O–H groups in total. The average molecular weight is 562 g/mol. The smallest absolute Gasteiger partial charge is 0.308 e. The number of ether oxygens (including phenoxy) is 2. The first-order chi connectivity index (χ1) is 19.2. The molecule has 0 aromatic carbocycles. The molecule has 11 nitrogen and oxygen atoms in total. The predicted octanol–water partition coefficient (Wildman–Crippen LogP) is 3.63. The summed E-state index contributed by atoms with van der Waals surface area (Å²) in [4.78, 5) is 20.1. The minimum absolute atomic E-state index is 0.100. The maximum atomic E-state index is 13.1. The Morgan fingerprint density at radius 2 is 1.77 bits per heavy atom. The third-order valence-electron chi connectivity index (χ3n) is 6.90. The van der Waals surface area contributed by atoms with E-state index in [1.807, 2.05) is 60.5 Å². The van der Waals surface area contributed by atoms with Crippen LogP contribution in [0.1, 0.15) is 12.7 Å². The lowest BCUT2D eigenvalue weighted by atomic mass is 9.93. The molecule has 0 amide bonds. The van der Waals surface area contributed by atoms with Crippen LogP contribution in [-0.2, 0) is 26.2 Å². The fourth-order valence-corrected chi connectivity index (χ4v) is 5.57. The van der Waals surface area contributed by atoms with Crippen LogP contribution >= 0.6 is 0 Å². The van der Waals surface area contributed by atoms with Gasteiger partial charge in [-0.2, -0.15) is 12.7 Å². The van der Waals surface area contributed by atoms with Gasteiger partial charge in [0.15, 0.2) is 0 Å². The molecule has 4 aromatic heterocycles. The molecule has 208 valence electrons. The van der Waals surface area contributed by atoms with Crippen molar-refractivity contribution in [2.75, 3.05) is 33.2 Å². The van der Waals surface area contributed by atoms with Gasteiger partial charge < -0.3 is 14.4 Å². The highest BCUT2D eigenvalue weighted by molar-refractivity contribution is 7.87. The van der Waals surface area contributed by atoms with Crippen LogP contribution < -0.4 is 4.90 Å². The number of allylic oxidation sites excluding steroid dienone is 1. The maximum Gasteiger partial charge on any atom is 0.308 e. The van der Waals surface area contributed by atoms with Gasteiger partial charge in [-0.25, -0.2) is 13.9 Å².